The van der Waals surface area contributed by atoms with E-state index < -0.39 is 0 Å². The topological polar surface area (TPSA) is 47.5 Å². The van der Waals surface area contributed by atoms with E-state index >= 15 is 0 Å². The van der Waals surface area contributed by atoms with Gasteiger partial charge in [0.05, 0.1) is 0 Å². The highest BCUT2D eigenvalue weighted by Crippen LogP contribution is 2.22. The maximum atomic E-state index is 6.10. The Morgan fingerprint density at radius 1 is 1.08 bits per heavy atom. The molecule has 6 nitrogen and oxygen atoms in total. The van der Waals surface area contributed by atoms with Gasteiger partial charge in [0, 0.05) is 56.0 Å². The second-order valence-corrected chi connectivity index (χ2v) is 6.88. The van der Waals surface area contributed by atoms with Crippen molar-refractivity contribution in [3.8, 4) is 0 Å². The first-order valence-electron chi connectivity index (χ1n) is 8.58. The third-order valence-electron chi connectivity index (χ3n) is 4.29. The monoisotopic (exact) mass is 360 g/mol. The largest absolute Gasteiger partial charge is 0.369 e. The zero-order valence-electron chi connectivity index (χ0n) is 14.8. The van der Waals surface area contributed by atoms with E-state index in [0.717, 1.165) is 55.9 Å². The highest BCUT2D eigenvalue weighted by Gasteiger charge is 2.18. The van der Waals surface area contributed by atoms with Crippen LogP contribution < -0.4 is 15.1 Å². The average molecular weight is 361 g/mol. The first-order valence-corrected chi connectivity index (χ1v) is 8.96. The fourth-order valence-electron chi connectivity index (χ4n) is 2.89. The normalized spacial score (nSPS) is 14.9. The van der Waals surface area contributed by atoms with Gasteiger partial charge in [0.15, 0.2) is 0 Å². The molecule has 1 aromatic heterocycles. The summed E-state index contributed by atoms with van der Waals surface area (Å²) >= 11 is 6.10. The summed E-state index contributed by atoms with van der Waals surface area (Å²) in [4.78, 5) is 15.6. The third kappa shape index (κ3) is 4.96. The molecule has 0 aliphatic carbocycles. The summed E-state index contributed by atoms with van der Waals surface area (Å²) < 4.78 is 0. The Bertz CT molecular complexity index is 685. The Labute approximate surface area is 154 Å². The average Bonchev–Trinajstić information content (AvgIpc) is 2.62. The highest BCUT2D eigenvalue weighted by molar-refractivity contribution is 6.30. The Hall–Kier alpha value is -2.05. The van der Waals surface area contributed by atoms with Crippen LogP contribution in [0.1, 0.15) is 0 Å². The van der Waals surface area contributed by atoms with Crippen molar-refractivity contribution < 1.29 is 0 Å². The molecule has 3 rings (SSSR count). The van der Waals surface area contributed by atoms with E-state index in [1.165, 1.54) is 5.69 Å². The Kier molecular flexibility index (Phi) is 5.94. The van der Waals surface area contributed by atoms with Crippen LogP contribution in [-0.4, -0.2) is 68.2 Å². The lowest BCUT2D eigenvalue weighted by atomic mass is 10.2. The molecule has 0 saturated carbocycles. The molecule has 0 unspecified atom stereocenters. The zero-order chi connectivity index (χ0) is 17.6. The van der Waals surface area contributed by atoms with Crippen LogP contribution in [0.5, 0.6) is 0 Å². The maximum absolute atomic E-state index is 6.10. The van der Waals surface area contributed by atoms with Crippen molar-refractivity contribution in [2.24, 2.45) is 0 Å². The van der Waals surface area contributed by atoms with E-state index in [4.69, 9.17) is 11.6 Å². The number of hydrogen-bond acceptors (Lipinski definition) is 6. The Morgan fingerprint density at radius 2 is 1.84 bits per heavy atom. The number of benzene rings is 1. The number of rotatable bonds is 6. The predicted octanol–water partition coefficient (Wildman–Crippen LogP) is 2.43. The van der Waals surface area contributed by atoms with Crippen LogP contribution in [0.3, 0.4) is 0 Å². The number of piperazine rings is 1. The number of halogens is 1. The number of nitrogens with one attached hydrogen (secondary N) is 1. The fourth-order valence-corrected chi connectivity index (χ4v) is 3.08. The lowest BCUT2D eigenvalue weighted by Crippen LogP contribution is -2.46. The number of nitrogens with zero attached hydrogens (tertiary/aromatic N) is 5. The first kappa shape index (κ1) is 17.8. The van der Waals surface area contributed by atoms with Gasteiger partial charge < -0.3 is 20.0 Å². The molecule has 1 N–H and O–H groups in total. The smallest absolute Gasteiger partial charge is 0.134 e. The van der Waals surface area contributed by atoms with Gasteiger partial charge in [-0.15, -0.1) is 0 Å². The maximum Gasteiger partial charge on any atom is 0.134 e. The van der Waals surface area contributed by atoms with Crippen molar-refractivity contribution in [1.29, 1.82) is 0 Å². The molecule has 0 atom stereocenters. The fraction of sp³-hybridized carbons (Fsp3) is 0.444. The van der Waals surface area contributed by atoms with Crippen molar-refractivity contribution in [2.75, 3.05) is 68.5 Å². The molecule has 1 aromatic carbocycles. The molecule has 1 aliphatic rings. The number of anilines is 3. The molecular weight excluding hydrogens is 336 g/mol. The van der Waals surface area contributed by atoms with Gasteiger partial charge in [-0.3, -0.25) is 0 Å². The molecule has 0 bridgehead atoms. The lowest BCUT2D eigenvalue weighted by molar-refractivity contribution is 0.425. The number of aromatic nitrogens is 2. The standard InChI is InChI=1S/C18H25ClN6/c1-23(2)7-6-20-17-13-18(22-14-21-17)25-10-8-24(9-11-25)16-5-3-4-15(19)12-16/h3-5,12-14H,6-11H2,1-2H3,(H,20,21,22). The number of hydrogen-bond donors (Lipinski definition) is 1. The summed E-state index contributed by atoms with van der Waals surface area (Å²) in [5.41, 5.74) is 1.18. The summed E-state index contributed by atoms with van der Waals surface area (Å²) in [5, 5.41) is 4.13. The minimum Gasteiger partial charge on any atom is -0.369 e. The van der Waals surface area contributed by atoms with Crippen LogP contribution in [-0.2, 0) is 0 Å². The molecule has 1 fully saturated rings. The molecule has 134 valence electrons. The molecule has 25 heavy (non-hydrogen) atoms. The molecule has 2 heterocycles. The quantitative estimate of drug-likeness (QED) is 0.853. The van der Waals surface area contributed by atoms with E-state index in [2.05, 4.69) is 50.1 Å². The molecule has 0 amide bonds. The molecule has 0 spiro atoms. The van der Waals surface area contributed by atoms with E-state index in [9.17, 15) is 0 Å². The lowest BCUT2D eigenvalue weighted by Gasteiger charge is -2.36. The highest BCUT2D eigenvalue weighted by atomic mass is 35.5. The van der Waals surface area contributed by atoms with E-state index in [1.54, 1.807) is 6.33 Å². The van der Waals surface area contributed by atoms with Gasteiger partial charge in [0.2, 0.25) is 0 Å². The zero-order valence-corrected chi connectivity index (χ0v) is 15.6. The summed E-state index contributed by atoms with van der Waals surface area (Å²) in [7, 11) is 4.12. The van der Waals surface area contributed by atoms with Crippen LogP contribution in [0, 0.1) is 0 Å². The SMILES string of the molecule is CN(C)CCNc1cc(N2CCN(c3cccc(Cl)c3)CC2)ncn1. The molecule has 7 heteroatoms. The summed E-state index contributed by atoms with van der Waals surface area (Å²) in [6.07, 6.45) is 1.64. The van der Waals surface area contributed by atoms with Crippen LogP contribution in [0.2, 0.25) is 5.02 Å². The molecule has 1 saturated heterocycles. The third-order valence-corrected chi connectivity index (χ3v) is 4.53. The molecular formula is C18H25ClN6. The number of likely N-dealkylation sites (N-methyl/N-ethyl adjacent to an activating group) is 1. The summed E-state index contributed by atoms with van der Waals surface area (Å²) in [6.45, 7) is 5.60. The van der Waals surface area contributed by atoms with Crippen LogP contribution in [0.15, 0.2) is 36.7 Å². The molecule has 2 aromatic rings. The van der Waals surface area contributed by atoms with Gasteiger partial charge in [-0.2, -0.15) is 0 Å². The summed E-state index contributed by atoms with van der Waals surface area (Å²) in [6, 6.07) is 10.1. The van der Waals surface area contributed by atoms with Crippen LogP contribution in [0.25, 0.3) is 0 Å². The van der Waals surface area contributed by atoms with Crippen molar-refractivity contribution in [3.05, 3.63) is 41.7 Å². The Balaban J connectivity index is 1.57. The van der Waals surface area contributed by atoms with Gasteiger partial charge in [0.25, 0.3) is 0 Å². The van der Waals surface area contributed by atoms with Gasteiger partial charge in [-0.25, -0.2) is 9.97 Å². The van der Waals surface area contributed by atoms with Crippen molar-refractivity contribution in [1.82, 2.24) is 14.9 Å². The van der Waals surface area contributed by atoms with E-state index in [-0.39, 0.29) is 0 Å². The van der Waals surface area contributed by atoms with E-state index in [0.29, 0.717) is 0 Å². The van der Waals surface area contributed by atoms with Crippen molar-refractivity contribution in [3.63, 3.8) is 0 Å². The van der Waals surface area contributed by atoms with Gasteiger partial charge in [0.1, 0.15) is 18.0 Å². The minimum atomic E-state index is 0.782. The molecule has 1 aliphatic heterocycles. The van der Waals surface area contributed by atoms with Crippen molar-refractivity contribution in [2.45, 2.75) is 0 Å². The van der Waals surface area contributed by atoms with Crippen molar-refractivity contribution >= 4 is 28.9 Å². The van der Waals surface area contributed by atoms with E-state index in [1.807, 2.05) is 24.3 Å². The van der Waals surface area contributed by atoms with Gasteiger partial charge >= 0.3 is 0 Å². The van der Waals surface area contributed by atoms with Gasteiger partial charge in [-0.1, -0.05) is 17.7 Å². The second kappa shape index (κ2) is 8.36. The second-order valence-electron chi connectivity index (χ2n) is 6.45. The summed E-state index contributed by atoms with van der Waals surface area (Å²) in [5.74, 6) is 1.86. The first-order chi connectivity index (χ1) is 12.1. The minimum absolute atomic E-state index is 0.782. The van der Waals surface area contributed by atoms with Crippen LogP contribution >= 0.6 is 11.6 Å². The predicted molar refractivity (Wildman–Crippen MR) is 105 cm³/mol. The van der Waals surface area contributed by atoms with Gasteiger partial charge in [-0.05, 0) is 32.3 Å². The van der Waals surface area contributed by atoms with Crippen LogP contribution in [0.4, 0.5) is 17.3 Å². The Morgan fingerprint density at radius 3 is 2.56 bits per heavy atom. The molecule has 0 radical (unpaired) electrons.